The first-order chi connectivity index (χ1) is 11.5. The van der Waals surface area contributed by atoms with E-state index >= 15 is 0 Å². The Morgan fingerprint density at radius 1 is 1.28 bits per heavy atom. The third-order valence-electron chi connectivity index (χ3n) is 5.37. The fourth-order valence-electron chi connectivity index (χ4n) is 4.34. The van der Waals surface area contributed by atoms with Crippen molar-refractivity contribution in [2.45, 2.75) is 90.1 Å². The van der Waals surface area contributed by atoms with Crippen LogP contribution in [0.1, 0.15) is 61.3 Å². The highest BCUT2D eigenvalue weighted by molar-refractivity contribution is 14.1. The van der Waals surface area contributed by atoms with E-state index in [1.165, 1.54) is 0 Å². The molecule has 1 saturated heterocycles. The number of halogens is 1. The minimum absolute atomic E-state index is 0.0202. The Morgan fingerprint density at radius 3 is 2.20 bits per heavy atom. The molecule has 6 heteroatoms. The first-order valence-corrected chi connectivity index (χ1v) is 12.6. The highest BCUT2D eigenvalue weighted by atomic mass is 127. The highest BCUT2D eigenvalue weighted by Crippen LogP contribution is 2.44. The molecule has 1 fully saturated rings. The first kappa shape index (κ1) is 23.1. The van der Waals surface area contributed by atoms with E-state index in [1.807, 2.05) is 6.92 Å². The molecule has 1 aliphatic heterocycles. The second kappa shape index (κ2) is 9.85. The van der Waals surface area contributed by atoms with Crippen LogP contribution < -0.4 is 0 Å². The van der Waals surface area contributed by atoms with Gasteiger partial charge in [-0.25, -0.2) is 0 Å². The Kier molecular flexibility index (Phi) is 9.11. The van der Waals surface area contributed by atoms with Crippen molar-refractivity contribution in [3.8, 4) is 0 Å². The lowest BCUT2D eigenvalue weighted by atomic mass is 9.93. The van der Waals surface area contributed by atoms with Crippen LogP contribution in [0.3, 0.4) is 0 Å². The van der Waals surface area contributed by atoms with Gasteiger partial charge in [-0.3, -0.25) is 4.79 Å². The van der Waals surface area contributed by atoms with Crippen molar-refractivity contribution in [1.29, 1.82) is 0 Å². The summed E-state index contributed by atoms with van der Waals surface area (Å²) in [5.74, 6) is -0.261. The SMILES string of the molecule is CC(I)=C[C@@H](O[Si](C(C)C)(C(C)C)C(C)C)[C@H]1C[C@@H](CO)CC(=O)O1. The zero-order valence-corrected chi connectivity index (χ0v) is 19.9. The lowest BCUT2D eigenvalue weighted by Gasteiger charge is -2.46. The molecule has 146 valence electrons. The second-order valence-electron chi connectivity index (χ2n) is 8.17. The van der Waals surface area contributed by atoms with Crippen molar-refractivity contribution >= 4 is 36.9 Å². The Labute approximate surface area is 168 Å². The van der Waals surface area contributed by atoms with E-state index in [2.05, 4.69) is 70.2 Å². The fourth-order valence-corrected chi connectivity index (χ4v) is 10.2. The van der Waals surface area contributed by atoms with Gasteiger partial charge in [-0.05, 0) is 68.1 Å². The van der Waals surface area contributed by atoms with E-state index in [0.29, 0.717) is 29.5 Å². The predicted molar refractivity (Wildman–Crippen MR) is 113 cm³/mol. The molecule has 3 atom stereocenters. The average molecular weight is 482 g/mol. The van der Waals surface area contributed by atoms with Crippen LogP contribution in [0.25, 0.3) is 0 Å². The van der Waals surface area contributed by atoms with E-state index in [1.54, 1.807) is 0 Å². The van der Waals surface area contributed by atoms with Gasteiger partial charge in [0.25, 0.3) is 0 Å². The number of rotatable bonds is 8. The third kappa shape index (κ3) is 5.78. The van der Waals surface area contributed by atoms with Gasteiger partial charge < -0.3 is 14.3 Å². The Balaban J connectivity index is 3.21. The zero-order valence-electron chi connectivity index (χ0n) is 16.7. The number of ether oxygens (including phenoxy) is 1. The van der Waals surface area contributed by atoms with Gasteiger partial charge in [0.1, 0.15) is 12.2 Å². The predicted octanol–water partition coefficient (Wildman–Crippen LogP) is 5.20. The molecule has 0 radical (unpaired) electrons. The molecule has 4 nitrogen and oxygen atoms in total. The third-order valence-corrected chi connectivity index (χ3v) is 11.8. The quantitative estimate of drug-likeness (QED) is 0.294. The number of hydrogen-bond donors (Lipinski definition) is 1. The molecule has 25 heavy (non-hydrogen) atoms. The normalized spacial score (nSPS) is 24.2. The summed E-state index contributed by atoms with van der Waals surface area (Å²) in [6, 6.07) is 0. The van der Waals surface area contributed by atoms with Crippen LogP contribution in [0.4, 0.5) is 0 Å². The molecule has 1 N–H and O–H groups in total. The molecular formula is C19H35IO4Si. The topological polar surface area (TPSA) is 55.8 Å². The molecule has 0 saturated carbocycles. The highest BCUT2D eigenvalue weighted by Gasteiger charge is 2.48. The number of carbonyl (C=O) groups excluding carboxylic acids is 1. The molecule has 0 spiro atoms. The molecule has 0 aliphatic carbocycles. The molecule has 0 unspecified atom stereocenters. The van der Waals surface area contributed by atoms with Crippen LogP contribution in [0.2, 0.25) is 16.6 Å². The minimum atomic E-state index is -2.10. The molecule has 0 aromatic carbocycles. The summed E-state index contributed by atoms with van der Waals surface area (Å²) < 4.78 is 13.7. The van der Waals surface area contributed by atoms with Gasteiger partial charge in [-0.1, -0.05) is 41.5 Å². The van der Waals surface area contributed by atoms with Crippen molar-refractivity contribution in [1.82, 2.24) is 0 Å². The van der Waals surface area contributed by atoms with Crippen molar-refractivity contribution in [3.05, 3.63) is 9.66 Å². The Bertz CT molecular complexity index is 450. The number of hydrogen-bond acceptors (Lipinski definition) is 4. The molecular weight excluding hydrogens is 447 g/mol. The summed E-state index contributed by atoms with van der Waals surface area (Å²) in [6.45, 7) is 15.6. The first-order valence-electron chi connectivity index (χ1n) is 9.36. The van der Waals surface area contributed by atoms with Crippen molar-refractivity contribution in [3.63, 3.8) is 0 Å². The average Bonchev–Trinajstić information content (AvgIpc) is 2.49. The molecule has 1 aliphatic rings. The lowest BCUT2D eigenvalue weighted by molar-refractivity contribution is -0.163. The second-order valence-corrected chi connectivity index (χ2v) is 15.3. The van der Waals surface area contributed by atoms with E-state index in [9.17, 15) is 9.90 Å². The maximum Gasteiger partial charge on any atom is 0.306 e. The molecule has 0 amide bonds. The largest absolute Gasteiger partial charge is 0.459 e. The van der Waals surface area contributed by atoms with Gasteiger partial charge in [-0.2, -0.15) is 0 Å². The number of cyclic esters (lactones) is 1. The number of carbonyl (C=O) groups is 1. The maximum atomic E-state index is 12.0. The van der Waals surface area contributed by atoms with E-state index in [0.717, 1.165) is 3.58 Å². The molecule has 1 rings (SSSR count). The molecule has 0 aromatic heterocycles. The summed E-state index contributed by atoms with van der Waals surface area (Å²) in [7, 11) is -2.10. The van der Waals surface area contributed by atoms with Gasteiger partial charge >= 0.3 is 5.97 Å². The van der Waals surface area contributed by atoms with Gasteiger partial charge in [0.2, 0.25) is 8.32 Å². The van der Waals surface area contributed by atoms with Crippen molar-refractivity contribution in [2.24, 2.45) is 5.92 Å². The van der Waals surface area contributed by atoms with E-state index < -0.39 is 8.32 Å². The molecule has 0 bridgehead atoms. The van der Waals surface area contributed by atoms with Crippen LogP contribution in [0.15, 0.2) is 9.66 Å². The van der Waals surface area contributed by atoms with Crippen LogP contribution >= 0.6 is 22.6 Å². The van der Waals surface area contributed by atoms with Crippen LogP contribution in [-0.4, -0.2) is 38.2 Å². The Hall–Kier alpha value is 0.0769. The lowest BCUT2D eigenvalue weighted by Crippen LogP contribution is -2.53. The van der Waals surface area contributed by atoms with Crippen LogP contribution in [-0.2, 0) is 14.0 Å². The number of aliphatic hydroxyl groups is 1. The van der Waals surface area contributed by atoms with Gasteiger partial charge in [0.15, 0.2) is 0 Å². The molecule has 1 heterocycles. The smallest absolute Gasteiger partial charge is 0.306 e. The summed E-state index contributed by atoms with van der Waals surface area (Å²) in [5, 5.41) is 9.53. The van der Waals surface area contributed by atoms with Crippen molar-refractivity contribution < 1.29 is 19.1 Å². The summed E-state index contributed by atoms with van der Waals surface area (Å²) in [5.41, 5.74) is 1.39. The number of allylic oxidation sites excluding steroid dienone is 1. The summed E-state index contributed by atoms with van der Waals surface area (Å²) in [6.07, 6.45) is 2.49. The monoisotopic (exact) mass is 482 g/mol. The minimum Gasteiger partial charge on any atom is -0.459 e. The number of esters is 1. The van der Waals surface area contributed by atoms with Gasteiger partial charge in [0, 0.05) is 6.61 Å². The number of aliphatic hydroxyl groups excluding tert-OH is 1. The van der Waals surface area contributed by atoms with Gasteiger partial charge in [-0.15, -0.1) is 0 Å². The molecule has 0 aromatic rings. The Morgan fingerprint density at radius 2 is 1.80 bits per heavy atom. The van der Waals surface area contributed by atoms with Gasteiger partial charge in [0.05, 0.1) is 6.42 Å². The fraction of sp³-hybridized carbons (Fsp3) is 0.842. The van der Waals surface area contributed by atoms with Crippen LogP contribution in [0, 0.1) is 5.92 Å². The maximum absolute atomic E-state index is 12.0. The zero-order chi connectivity index (χ0) is 19.4. The van der Waals surface area contributed by atoms with Crippen LogP contribution in [0.5, 0.6) is 0 Å². The van der Waals surface area contributed by atoms with Crippen molar-refractivity contribution in [2.75, 3.05) is 6.61 Å². The van der Waals surface area contributed by atoms with E-state index in [4.69, 9.17) is 9.16 Å². The standard InChI is InChI=1S/C19H35IO4Si/c1-12(2)25(13(3)4,14(5)6)24-18(8-15(7)20)17-9-16(11-21)10-19(22)23-17/h8,12-14,16-18,21H,9-11H2,1-7H3/t16-,17-,18-/m1/s1. The van der Waals surface area contributed by atoms with E-state index in [-0.39, 0.29) is 30.7 Å². The summed E-state index contributed by atoms with van der Waals surface area (Å²) in [4.78, 5) is 12.0. The summed E-state index contributed by atoms with van der Waals surface area (Å²) >= 11 is 2.28.